The number of rotatable bonds is 4. The zero-order valence-electron chi connectivity index (χ0n) is 11.5. The van der Waals surface area contributed by atoms with Gasteiger partial charge in [-0.2, -0.15) is 0 Å². The first kappa shape index (κ1) is 14.0. The first-order valence-corrected chi connectivity index (χ1v) is 6.82. The van der Waals surface area contributed by atoms with E-state index in [9.17, 15) is 0 Å². The van der Waals surface area contributed by atoms with E-state index in [2.05, 4.69) is 27.7 Å². The van der Waals surface area contributed by atoms with Gasteiger partial charge in [-0.05, 0) is 24.2 Å². The molecule has 1 rings (SSSR count). The highest BCUT2D eigenvalue weighted by molar-refractivity contribution is 4.79. The number of nitrogens with two attached hydrogens (primary N) is 1. The Morgan fingerprint density at radius 1 is 1.25 bits per heavy atom. The van der Waals surface area contributed by atoms with Crippen LogP contribution in [-0.2, 0) is 4.74 Å². The Kier molecular flexibility index (Phi) is 5.26. The summed E-state index contributed by atoms with van der Waals surface area (Å²) < 4.78 is 6.05. The van der Waals surface area contributed by atoms with E-state index in [1.807, 2.05) is 0 Å². The van der Waals surface area contributed by atoms with Gasteiger partial charge in [-0.25, -0.2) is 0 Å². The number of hydrogen-bond donors (Lipinski definition) is 1. The molecule has 1 fully saturated rings. The standard InChI is InChI=1S/C14H29NO/c1-5-11-8-6-7-9-12(11)16-10-13(15)14(2,3)4/h11-13H,5-10,15H2,1-4H3. The molecule has 2 heteroatoms. The van der Waals surface area contributed by atoms with E-state index in [1.165, 1.54) is 32.1 Å². The summed E-state index contributed by atoms with van der Waals surface area (Å²) in [5.41, 5.74) is 6.28. The van der Waals surface area contributed by atoms with Gasteiger partial charge < -0.3 is 10.5 Å². The van der Waals surface area contributed by atoms with Crippen molar-refractivity contribution in [3.05, 3.63) is 0 Å². The quantitative estimate of drug-likeness (QED) is 0.799. The average molecular weight is 227 g/mol. The maximum Gasteiger partial charge on any atom is 0.0626 e. The van der Waals surface area contributed by atoms with Crippen LogP contribution in [0.15, 0.2) is 0 Å². The minimum absolute atomic E-state index is 0.145. The predicted octanol–water partition coefficient (Wildman–Crippen LogP) is 3.35. The van der Waals surface area contributed by atoms with Gasteiger partial charge in [-0.1, -0.05) is 47.0 Å². The fourth-order valence-corrected chi connectivity index (χ4v) is 2.34. The minimum Gasteiger partial charge on any atom is -0.376 e. The number of ether oxygens (including phenoxy) is 1. The molecule has 0 radical (unpaired) electrons. The summed E-state index contributed by atoms with van der Waals surface area (Å²) in [6.45, 7) is 9.53. The van der Waals surface area contributed by atoms with Crippen molar-refractivity contribution in [2.45, 2.75) is 71.9 Å². The lowest BCUT2D eigenvalue weighted by molar-refractivity contribution is -0.0283. The SMILES string of the molecule is CCC1CCCCC1OCC(N)C(C)(C)C. The van der Waals surface area contributed by atoms with Crippen LogP contribution in [0.1, 0.15) is 59.8 Å². The molecule has 0 amide bonds. The van der Waals surface area contributed by atoms with Crippen LogP contribution in [0.5, 0.6) is 0 Å². The normalized spacial score (nSPS) is 29.1. The van der Waals surface area contributed by atoms with Gasteiger partial charge in [0.25, 0.3) is 0 Å². The van der Waals surface area contributed by atoms with Crippen LogP contribution in [0, 0.1) is 11.3 Å². The highest BCUT2D eigenvalue weighted by Crippen LogP contribution is 2.29. The molecule has 1 aliphatic rings. The largest absolute Gasteiger partial charge is 0.376 e. The van der Waals surface area contributed by atoms with Crippen molar-refractivity contribution in [3.8, 4) is 0 Å². The summed E-state index contributed by atoms with van der Waals surface area (Å²) in [7, 11) is 0. The molecule has 2 nitrogen and oxygen atoms in total. The van der Waals surface area contributed by atoms with Gasteiger partial charge in [-0.3, -0.25) is 0 Å². The van der Waals surface area contributed by atoms with Crippen LogP contribution >= 0.6 is 0 Å². The molecule has 0 heterocycles. The average Bonchev–Trinajstić information content (AvgIpc) is 2.24. The lowest BCUT2D eigenvalue weighted by Gasteiger charge is -2.34. The molecule has 0 bridgehead atoms. The first-order chi connectivity index (χ1) is 7.45. The van der Waals surface area contributed by atoms with Gasteiger partial charge in [0.1, 0.15) is 0 Å². The van der Waals surface area contributed by atoms with E-state index in [1.54, 1.807) is 0 Å². The van der Waals surface area contributed by atoms with E-state index in [0.29, 0.717) is 12.7 Å². The summed E-state index contributed by atoms with van der Waals surface area (Å²) in [5, 5.41) is 0. The van der Waals surface area contributed by atoms with Gasteiger partial charge in [0.05, 0.1) is 12.7 Å². The van der Waals surface area contributed by atoms with Crippen molar-refractivity contribution < 1.29 is 4.74 Å². The van der Waals surface area contributed by atoms with E-state index in [4.69, 9.17) is 10.5 Å². The second kappa shape index (κ2) is 6.02. The zero-order valence-corrected chi connectivity index (χ0v) is 11.5. The van der Waals surface area contributed by atoms with Gasteiger partial charge in [0, 0.05) is 6.04 Å². The Hall–Kier alpha value is -0.0800. The first-order valence-electron chi connectivity index (χ1n) is 6.82. The molecular weight excluding hydrogens is 198 g/mol. The van der Waals surface area contributed by atoms with Crippen molar-refractivity contribution in [3.63, 3.8) is 0 Å². The van der Waals surface area contributed by atoms with Crippen LogP contribution in [0.25, 0.3) is 0 Å². The van der Waals surface area contributed by atoms with E-state index in [0.717, 1.165) is 5.92 Å². The van der Waals surface area contributed by atoms with Crippen molar-refractivity contribution in [1.82, 2.24) is 0 Å². The molecule has 3 unspecified atom stereocenters. The smallest absolute Gasteiger partial charge is 0.0626 e. The fraction of sp³-hybridized carbons (Fsp3) is 1.00. The molecule has 2 N–H and O–H groups in total. The third kappa shape index (κ3) is 4.06. The molecule has 0 aromatic heterocycles. The fourth-order valence-electron chi connectivity index (χ4n) is 2.34. The molecule has 96 valence electrons. The van der Waals surface area contributed by atoms with Crippen molar-refractivity contribution >= 4 is 0 Å². The Labute approximate surface area is 101 Å². The van der Waals surface area contributed by atoms with Crippen LogP contribution in [0.3, 0.4) is 0 Å². The molecule has 16 heavy (non-hydrogen) atoms. The maximum absolute atomic E-state index is 6.13. The third-order valence-electron chi connectivity index (χ3n) is 3.97. The highest BCUT2D eigenvalue weighted by atomic mass is 16.5. The lowest BCUT2D eigenvalue weighted by atomic mass is 9.84. The summed E-state index contributed by atoms with van der Waals surface area (Å²) >= 11 is 0. The summed E-state index contributed by atoms with van der Waals surface area (Å²) in [6, 6.07) is 0.145. The Balaban J connectivity index is 2.35. The van der Waals surface area contributed by atoms with Crippen LogP contribution in [0.2, 0.25) is 0 Å². The second-order valence-corrected chi connectivity index (χ2v) is 6.30. The van der Waals surface area contributed by atoms with Crippen molar-refractivity contribution in [2.24, 2.45) is 17.1 Å². The maximum atomic E-state index is 6.13. The monoisotopic (exact) mass is 227 g/mol. The molecule has 3 atom stereocenters. The Morgan fingerprint density at radius 2 is 1.88 bits per heavy atom. The number of hydrogen-bond acceptors (Lipinski definition) is 2. The molecular formula is C14H29NO. The summed E-state index contributed by atoms with van der Waals surface area (Å²) in [6.07, 6.45) is 6.99. The van der Waals surface area contributed by atoms with Crippen molar-refractivity contribution in [2.75, 3.05) is 6.61 Å². The van der Waals surface area contributed by atoms with E-state index < -0.39 is 0 Å². The molecule has 1 saturated carbocycles. The van der Waals surface area contributed by atoms with E-state index >= 15 is 0 Å². The summed E-state index contributed by atoms with van der Waals surface area (Å²) in [5.74, 6) is 0.765. The zero-order chi connectivity index (χ0) is 12.2. The van der Waals surface area contributed by atoms with Gasteiger partial charge >= 0.3 is 0 Å². The third-order valence-corrected chi connectivity index (χ3v) is 3.97. The van der Waals surface area contributed by atoms with Gasteiger partial charge in [-0.15, -0.1) is 0 Å². The highest BCUT2D eigenvalue weighted by Gasteiger charge is 2.27. The molecule has 0 aliphatic heterocycles. The predicted molar refractivity (Wildman–Crippen MR) is 69.4 cm³/mol. The minimum atomic E-state index is 0.145. The molecule has 0 aromatic carbocycles. The Morgan fingerprint density at radius 3 is 2.44 bits per heavy atom. The van der Waals surface area contributed by atoms with Crippen LogP contribution in [-0.4, -0.2) is 18.8 Å². The lowest BCUT2D eigenvalue weighted by Crippen LogP contribution is -2.41. The van der Waals surface area contributed by atoms with Crippen LogP contribution in [0.4, 0.5) is 0 Å². The van der Waals surface area contributed by atoms with E-state index in [-0.39, 0.29) is 11.5 Å². The second-order valence-electron chi connectivity index (χ2n) is 6.30. The van der Waals surface area contributed by atoms with Gasteiger partial charge in [0.15, 0.2) is 0 Å². The van der Waals surface area contributed by atoms with Crippen molar-refractivity contribution in [1.29, 1.82) is 0 Å². The molecule has 0 saturated heterocycles. The Bertz CT molecular complexity index is 197. The van der Waals surface area contributed by atoms with Crippen LogP contribution < -0.4 is 5.73 Å². The van der Waals surface area contributed by atoms with Gasteiger partial charge in [0.2, 0.25) is 0 Å². The molecule has 0 aromatic rings. The molecule has 0 spiro atoms. The summed E-state index contributed by atoms with van der Waals surface area (Å²) in [4.78, 5) is 0. The topological polar surface area (TPSA) is 35.2 Å². The molecule has 1 aliphatic carbocycles.